The number of nitrogens with one attached hydrogen (secondary N) is 1. The molecule has 1 aromatic carbocycles. The monoisotopic (exact) mass is 263 g/mol. The predicted molar refractivity (Wildman–Crippen MR) is 66.3 cm³/mol. The lowest BCUT2D eigenvalue weighted by Gasteiger charge is -2.14. The highest BCUT2D eigenvalue weighted by atomic mass is 19.1. The third-order valence-corrected chi connectivity index (χ3v) is 4.10. The Morgan fingerprint density at radius 2 is 1.89 bits per heavy atom. The number of halogens is 1. The van der Waals surface area contributed by atoms with Crippen molar-refractivity contribution in [3.63, 3.8) is 0 Å². The van der Waals surface area contributed by atoms with E-state index in [9.17, 15) is 14.0 Å². The molecule has 0 aliphatic heterocycles. The molecule has 0 spiro atoms. The summed E-state index contributed by atoms with van der Waals surface area (Å²) in [5.74, 6) is -1.12. The molecule has 2 aliphatic rings. The van der Waals surface area contributed by atoms with Crippen molar-refractivity contribution < 1.29 is 19.1 Å². The van der Waals surface area contributed by atoms with Gasteiger partial charge in [0.2, 0.25) is 5.91 Å². The van der Waals surface area contributed by atoms with Gasteiger partial charge in [-0.1, -0.05) is 6.07 Å². The van der Waals surface area contributed by atoms with Gasteiger partial charge in [-0.2, -0.15) is 0 Å². The number of carboxylic acid groups (broad SMARTS) is 1. The quantitative estimate of drug-likeness (QED) is 0.880. The minimum absolute atomic E-state index is 0.0399. The van der Waals surface area contributed by atoms with Gasteiger partial charge in [0, 0.05) is 5.92 Å². The fourth-order valence-electron chi connectivity index (χ4n) is 3.01. The highest BCUT2D eigenvalue weighted by molar-refractivity contribution is 6.01. The van der Waals surface area contributed by atoms with Crippen LogP contribution in [0.2, 0.25) is 0 Å². The Morgan fingerprint density at radius 3 is 2.53 bits per heavy atom. The van der Waals surface area contributed by atoms with Crippen LogP contribution in [0.15, 0.2) is 18.2 Å². The average molecular weight is 263 g/mol. The van der Waals surface area contributed by atoms with Crippen molar-refractivity contribution >= 4 is 17.6 Å². The van der Waals surface area contributed by atoms with E-state index >= 15 is 0 Å². The summed E-state index contributed by atoms with van der Waals surface area (Å²) < 4.78 is 13.5. The summed E-state index contributed by atoms with van der Waals surface area (Å²) in [6.45, 7) is 0. The first-order chi connectivity index (χ1) is 9.06. The summed E-state index contributed by atoms with van der Waals surface area (Å²) in [7, 11) is 0. The van der Waals surface area contributed by atoms with Gasteiger partial charge in [0.1, 0.15) is 11.4 Å². The van der Waals surface area contributed by atoms with Gasteiger partial charge in [0.15, 0.2) is 0 Å². The number of anilines is 1. The average Bonchev–Trinajstić information content (AvgIpc) is 2.95. The summed E-state index contributed by atoms with van der Waals surface area (Å²) in [5.41, 5.74) is -0.433. The molecule has 1 amide bonds. The van der Waals surface area contributed by atoms with Gasteiger partial charge < -0.3 is 10.4 Å². The zero-order valence-electron chi connectivity index (χ0n) is 10.2. The second-order valence-electron chi connectivity index (χ2n) is 5.38. The molecule has 2 saturated carbocycles. The molecule has 0 heterocycles. The summed E-state index contributed by atoms with van der Waals surface area (Å²) in [6, 6.07) is 3.88. The van der Waals surface area contributed by atoms with Crippen molar-refractivity contribution in [1.29, 1.82) is 0 Å². The van der Waals surface area contributed by atoms with Crippen LogP contribution in [0, 0.1) is 23.6 Å². The van der Waals surface area contributed by atoms with Crippen LogP contribution in [0.1, 0.15) is 29.6 Å². The van der Waals surface area contributed by atoms with E-state index in [4.69, 9.17) is 5.11 Å². The lowest BCUT2D eigenvalue weighted by molar-refractivity contribution is -0.120. The van der Waals surface area contributed by atoms with Crippen molar-refractivity contribution in [3.05, 3.63) is 29.6 Å². The van der Waals surface area contributed by atoms with Crippen molar-refractivity contribution in [2.75, 3.05) is 5.32 Å². The maximum Gasteiger partial charge on any atom is 0.340 e. The van der Waals surface area contributed by atoms with Gasteiger partial charge in [-0.25, -0.2) is 9.18 Å². The third-order valence-electron chi connectivity index (χ3n) is 4.10. The van der Waals surface area contributed by atoms with Crippen LogP contribution in [0.3, 0.4) is 0 Å². The normalized spacial score (nSPS) is 27.7. The minimum atomic E-state index is -1.37. The minimum Gasteiger partial charge on any atom is -0.478 e. The Morgan fingerprint density at radius 1 is 1.21 bits per heavy atom. The zero-order chi connectivity index (χ0) is 13.6. The molecule has 4 nitrogen and oxygen atoms in total. The molecule has 100 valence electrons. The molecule has 0 aromatic heterocycles. The Hall–Kier alpha value is -1.91. The van der Waals surface area contributed by atoms with Gasteiger partial charge in [-0.05, 0) is 43.2 Å². The molecular weight excluding hydrogens is 249 g/mol. The van der Waals surface area contributed by atoms with E-state index < -0.39 is 17.3 Å². The van der Waals surface area contributed by atoms with Crippen LogP contribution in [0.25, 0.3) is 0 Å². The van der Waals surface area contributed by atoms with Crippen LogP contribution in [-0.4, -0.2) is 17.0 Å². The number of fused-ring (bicyclic) bond motifs is 1. The molecule has 1 aromatic rings. The summed E-state index contributed by atoms with van der Waals surface area (Å²) >= 11 is 0. The van der Waals surface area contributed by atoms with Crippen LogP contribution >= 0.6 is 0 Å². The highest BCUT2D eigenvalue weighted by Crippen LogP contribution is 2.54. The molecular formula is C14H14FNO3. The van der Waals surface area contributed by atoms with Crippen molar-refractivity contribution in [2.24, 2.45) is 17.8 Å². The number of hydrogen-bond donors (Lipinski definition) is 2. The number of benzene rings is 1. The molecule has 2 fully saturated rings. The second kappa shape index (κ2) is 4.33. The van der Waals surface area contributed by atoms with Crippen LogP contribution in [0.5, 0.6) is 0 Å². The fraction of sp³-hybridized carbons (Fsp3) is 0.429. The number of carboxylic acids is 1. The van der Waals surface area contributed by atoms with Gasteiger partial charge in [-0.3, -0.25) is 4.79 Å². The standard InChI is InChI=1S/C14H14FNO3/c15-10-2-1-3-11(12(10)14(18)19)16-13(17)9-5-7-4-8(7)6-9/h1-3,7-9H,4-6H2,(H,16,17)(H,18,19). The smallest absolute Gasteiger partial charge is 0.340 e. The first kappa shape index (κ1) is 12.1. The van der Waals surface area contributed by atoms with Gasteiger partial charge >= 0.3 is 5.97 Å². The Bertz CT molecular complexity index is 548. The predicted octanol–water partition coefficient (Wildman–Crippen LogP) is 2.51. The maximum absolute atomic E-state index is 13.5. The number of carbonyl (C=O) groups is 2. The van der Waals surface area contributed by atoms with Crippen LogP contribution in [-0.2, 0) is 4.79 Å². The molecule has 0 saturated heterocycles. The molecule has 0 bridgehead atoms. The largest absolute Gasteiger partial charge is 0.478 e. The molecule has 2 aliphatic carbocycles. The zero-order valence-corrected chi connectivity index (χ0v) is 10.2. The molecule has 3 rings (SSSR count). The van der Waals surface area contributed by atoms with E-state index in [0.717, 1.165) is 18.9 Å². The topological polar surface area (TPSA) is 66.4 Å². The van der Waals surface area contributed by atoms with E-state index in [1.54, 1.807) is 0 Å². The Labute approximate surface area is 109 Å². The van der Waals surface area contributed by atoms with Gasteiger partial charge in [0.05, 0.1) is 5.69 Å². The van der Waals surface area contributed by atoms with Crippen LogP contribution < -0.4 is 5.32 Å². The molecule has 2 N–H and O–H groups in total. The lowest BCUT2D eigenvalue weighted by atomic mass is 10.0. The van der Waals surface area contributed by atoms with E-state index in [0.29, 0.717) is 11.8 Å². The summed E-state index contributed by atoms with van der Waals surface area (Å²) in [5, 5.41) is 11.5. The van der Waals surface area contributed by atoms with E-state index in [1.165, 1.54) is 18.6 Å². The number of rotatable bonds is 3. The molecule has 2 atom stereocenters. The summed E-state index contributed by atoms with van der Waals surface area (Å²) in [4.78, 5) is 23.1. The van der Waals surface area contributed by atoms with Crippen LogP contribution in [0.4, 0.5) is 10.1 Å². The SMILES string of the molecule is O=C(O)c1c(F)cccc1NC(=O)C1CC2CC2C1. The Kier molecular flexibility index (Phi) is 2.77. The van der Waals surface area contributed by atoms with Crippen molar-refractivity contribution in [1.82, 2.24) is 0 Å². The van der Waals surface area contributed by atoms with E-state index in [-0.39, 0.29) is 17.5 Å². The number of hydrogen-bond acceptors (Lipinski definition) is 2. The summed E-state index contributed by atoms with van der Waals surface area (Å²) in [6.07, 6.45) is 2.95. The van der Waals surface area contributed by atoms with Gasteiger partial charge in [-0.15, -0.1) is 0 Å². The van der Waals surface area contributed by atoms with E-state index in [2.05, 4.69) is 5.32 Å². The van der Waals surface area contributed by atoms with Crippen molar-refractivity contribution in [3.8, 4) is 0 Å². The molecule has 5 heteroatoms. The number of aromatic carboxylic acids is 1. The maximum atomic E-state index is 13.5. The third kappa shape index (κ3) is 2.20. The number of amides is 1. The highest BCUT2D eigenvalue weighted by Gasteiger charge is 2.48. The van der Waals surface area contributed by atoms with Crippen molar-refractivity contribution in [2.45, 2.75) is 19.3 Å². The second-order valence-corrected chi connectivity index (χ2v) is 5.38. The molecule has 0 radical (unpaired) electrons. The number of carbonyl (C=O) groups excluding carboxylic acids is 1. The molecule has 2 unspecified atom stereocenters. The Balaban J connectivity index is 1.77. The molecule has 19 heavy (non-hydrogen) atoms. The van der Waals surface area contributed by atoms with Gasteiger partial charge in [0.25, 0.3) is 0 Å². The first-order valence-corrected chi connectivity index (χ1v) is 6.39. The fourth-order valence-corrected chi connectivity index (χ4v) is 3.01. The first-order valence-electron chi connectivity index (χ1n) is 6.39. The lowest BCUT2D eigenvalue weighted by Crippen LogP contribution is -2.23. The van der Waals surface area contributed by atoms with E-state index in [1.807, 2.05) is 0 Å².